The molecule has 0 fully saturated rings. The number of sulfonamides is 1. The molecule has 0 aliphatic heterocycles. The lowest BCUT2D eigenvalue weighted by molar-refractivity contribution is -0.131. The summed E-state index contributed by atoms with van der Waals surface area (Å²) in [7, 11) is -3.29. The summed E-state index contributed by atoms with van der Waals surface area (Å²) in [6.07, 6.45) is 2.50. The number of carboxylic acids is 1. The van der Waals surface area contributed by atoms with Crippen molar-refractivity contribution in [1.82, 2.24) is 4.72 Å². The van der Waals surface area contributed by atoms with Gasteiger partial charge in [-0.05, 0) is 29.0 Å². The van der Waals surface area contributed by atoms with Crippen molar-refractivity contribution < 1.29 is 18.3 Å². The van der Waals surface area contributed by atoms with Crippen LogP contribution < -0.4 is 4.72 Å². The summed E-state index contributed by atoms with van der Waals surface area (Å²) >= 11 is 1.39. The molecule has 0 radical (unpaired) electrons. The number of hydrogen-bond acceptors (Lipinski definition) is 4. The van der Waals surface area contributed by atoms with Crippen molar-refractivity contribution in [3.05, 3.63) is 28.0 Å². The molecular weight excluding hydrogens is 286 g/mol. The predicted molar refractivity (Wildman–Crippen MR) is 76.5 cm³/mol. The third kappa shape index (κ3) is 6.00. The second-order valence-electron chi connectivity index (χ2n) is 4.47. The van der Waals surface area contributed by atoms with Crippen LogP contribution in [0.15, 0.2) is 17.5 Å². The zero-order valence-electron chi connectivity index (χ0n) is 10.8. The molecule has 0 bridgehead atoms. The number of aliphatic carboxylic acids is 1. The van der Waals surface area contributed by atoms with Crippen molar-refractivity contribution in [2.45, 2.75) is 20.4 Å². The molecule has 0 aliphatic rings. The van der Waals surface area contributed by atoms with E-state index in [4.69, 9.17) is 5.11 Å². The van der Waals surface area contributed by atoms with Gasteiger partial charge in [-0.15, -0.1) is 11.3 Å². The lowest BCUT2D eigenvalue weighted by Gasteiger charge is -2.08. The van der Waals surface area contributed by atoms with E-state index >= 15 is 0 Å². The summed E-state index contributed by atoms with van der Waals surface area (Å²) in [5.41, 5.74) is 0.722. The molecule has 1 heterocycles. The second-order valence-corrected chi connectivity index (χ2v) is 7.32. The van der Waals surface area contributed by atoms with Gasteiger partial charge in [-0.25, -0.2) is 17.9 Å². The summed E-state index contributed by atoms with van der Waals surface area (Å²) in [6.45, 7) is 3.86. The number of thiophene rings is 1. The van der Waals surface area contributed by atoms with Crippen LogP contribution >= 0.6 is 11.3 Å². The van der Waals surface area contributed by atoms with Crippen LogP contribution in [0.25, 0.3) is 6.08 Å². The molecule has 1 aromatic heterocycles. The van der Waals surface area contributed by atoms with Crippen LogP contribution in [0.2, 0.25) is 0 Å². The molecule has 0 saturated carbocycles. The van der Waals surface area contributed by atoms with Crippen LogP contribution in [-0.4, -0.2) is 25.2 Å². The topological polar surface area (TPSA) is 83.5 Å². The fourth-order valence-corrected chi connectivity index (χ4v) is 3.73. The van der Waals surface area contributed by atoms with Crippen molar-refractivity contribution in [3.63, 3.8) is 0 Å². The average molecular weight is 303 g/mol. The first kappa shape index (κ1) is 15.9. The first-order valence-corrected chi connectivity index (χ1v) is 8.28. The Balaban J connectivity index is 2.69. The van der Waals surface area contributed by atoms with Crippen LogP contribution in [0.4, 0.5) is 0 Å². The Morgan fingerprint density at radius 1 is 1.53 bits per heavy atom. The van der Waals surface area contributed by atoms with Gasteiger partial charge in [0.05, 0.1) is 5.75 Å². The highest BCUT2D eigenvalue weighted by Gasteiger charge is 2.13. The van der Waals surface area contributed by atoms with E-state index in [1.54, 1.807) is 11.4 Å². The summed E-state index contributed by atoms with van der Waals surface area (Å²) in [4.78, 5) is 11.2. The molecule has 1 rings (SSSR count). The van der Waals surface area contributed by atoms with Gasteiger partial charge < -0.3 is 5.11 Å². The standard InChI is InChI=1S/C12H17NO4S2/c1-9(2)8-19(16,17)13-7-11-10(5-6-18-11)3-4-12(14)15/h3-6,9,13H,7-8H2,1-2H3,(H,14,15). The van der Waals surface area contributed by atoms with Crippen LogP contribution in [0.5, 0.6) is 0 Å². The first-order valence-electron chi connectivity index (χ1n) is 5.75. The van der Waals surface area contributed by atoms with Crippen LogP contribution in [-0.2, 0) is 21.4 Å². The van der Waals surface area contributed by atoms with Gasteiger partial charge in [0.2, 0.25) is 10.0 Å². The zero-order chi connectivity index (χ0) is 14.5. The largest absolute Gasteiger partial charge is 0.478 e. The van der Waals surface area contributed by atoms with Gasteiger partial charge in [0.1, 0.15) is 0 Å². The third-order valence-electron chi connectivity index (χ3n) is 2.19. The predicted octanol–water partition coefficient (Wildman–Crippen LogP) is 1.92. The van der Waals surface area contributed by atoms with Crippen molar-refractivity contribution >= 4 is 33.4 Å². The minimum absolute atomic E-state index is 0.0622. The van der Waals surface area contributed by atoms with Crippen LogP contribution in [0.1, 0.15) is 24.3 Å². The summed E-state index contributed by atoms with van der Waals surface area (Å²) in [5.74, 6) is -0.886. The van der Waals surface area contributed by atoms with Gasteiger partial charge in [-0.2, -0.15) is 0 Å². The van der Waals surface area contributed by atoms with E-state index in [9.17, 15) is 13.2 Å². The summed E-state index contributed by atoms with van der Waals surface area (Å²) < 4.78 is 25.9. The van der Waals surface area contributed by atoms with Gasteiger partial charge in [-0.1, -0.05) is 13.8 Å². The molecule has 0 atom stereocenters. The van der Waals surface area contributed by atoms with Gasteiger partial charge in [0.15, 0.2) is 0 Å². The molecule has 7 heteroatoms. The van der Waals surface area contributed by atoms with E-state index in [0.29, 0.717) is 0 Å². The monoisotopic (exact) mass is 303 g/mol. The van der Waals surface area contributed by atoms with E-state index in [1.165, 1.54) is 17.4 Å². The van der Waals surface area contributed by atoms with Crippen molar-refractivity contribution in [2.75, 3.05) is 5.75 Å². The SMILES string of the molecule is CC(C)CS(=O)(=O)NCc1sccc1C=CC(=O)O. The number of carboxylic acid groups (broad SMARTS) is 1. The quantitative estimate of drug-likeness (QED) is 0.754. The number of hydrogen-bond donors (Lipinski definition) is 2. The molecule has 0 spiro atoms. The van der Waals surface area contributed by atoms with Crippen molar-refractivity contribution in [3.8, 4) is 0 Å². The smallest absolute Gasteiger partial charge is 0.328 e. The Labute approximate surface area is 117 Å². The normalized spacial score (nSPS) is 12.4. The number of carbonyl (C=O) groups is 1. The first-order chi connectivity index (χ1) is 8.80. The highest BCUT2D eigenvalue weighted by Crippen LogP contribution is 2.18. The molecule has 106 valence electrons. The minimum Gasteiger partial charge on any atom is -0.478 e. The van der Waals surface area contributed by atoms with Crippen molar-refractivity contribution in [2.24, 2.45) is 5.92 Å². The highest BCUT2D eigenvalue weighted by atomic mass is 32.2. The lowest BCUT2D eigenvalue weighted by atomic mass is 10.2. The van der Waals surface area contributed by atoms with E-state index < -0.39 is 16.0 Å². The Hall–Kier alpha value is -1.18. The molecule has 0 unspecified atom stereocenters. The molecule has 0 amide bonds. The molecular formula is C12H17NO4S2. The lowest BCUT2D eigenvalue weighted by Crippen LogP contribution is -2.27. The fourth-order valence-electron chi connectivity index (χ4n) is 1.48. The van der Waals surface area contributed by atoms with E-state index in [1.807, 2.05) is 13.8 Å². The van der Waals surface area contributed by atoms with Gasteiger partial charge in [0.25, 0.3) is 0 Å². The number of nitrogens with one attached hydrogen (secondary N) is 1. The van der Waals surface area contributed by atoms with E-state index in [2.05, 4.69) is 4.72 Å². The second kappa shape index (κ2) is 6.83. The average Bonchev–Trinajstić information content (AvgIpc) is 2.69. The molecule has 0 aromatic carbocycles. The third-order valence-corrected chi connectivity index (χ3v) is 4.82. The maximum atomic E-state index is 11.7. The Kier molecular flexibility index (Phi) is 5.71. The van der Waals surface area contributed by atoms with Gasteiger partial charge >= 0.3 is 5.97 Å². The Bertz CT molecular complexity index is 558. The molecule has 1 aromatic rings. The molecule has 0 saturated heterocycles. The van der Waals surface area contributed by atoms with E-state index in [-0.39, 0.29) is 18.2 Å². The molecule has 5 nitrogen and oxygen atoms in total. The number of rotatable bonds is 7. The maximum absolute atomic E-state index is 11.7. The molecule has 0 aliphatic carbocycles. The summed E-state index contributed by atoms with van der Waals surface area (Å²) in [6, 6.07) is 1.76. The maximum Gasteiger partial charge on any atom is 0.328 e. The van der Waals surface area contributed by atoms with Crippen molar-refractivity contribution in [1.29, 1.82) is 0 Å². The molecule has 19 heavy (non-hydrogen) atoms. The highest BCUT2D eigenvalue weighted by molar-refractivity contribution is 7.89. The Morgan fingerprint density at radius 3 is 2.79 bits per heavy atom. The van der Waals surface area contributed by atoms with Gasteiger partial charge in [0, 0.05) is 17.5 Å². The Morgan fingerprint density at radius 2 is 2.21 bits per heavy atom. The van der Waals surface area contributed by atoms with Crippen LogP contribution in [0, 0.1) is 5.92 Å². The molecule has 2 N–H and O–H groups in total. The summed E-state index contributed by atoms with van der Waals surface area (Å²) in [5, 5.41) is 10.4. The minimum atomic E-state index is -3.29. The zero-order valence-corrected chi connectivity index (χ0v) is 12.4. The van der Waals surface area contributed by atoms with E-state index in [0.717, 1.165) is 16.5 Å². The van der Waals surface area contributed by atoms with Gasteiger partial charge in [-0.3, -0.25) is 0 Å². The fraction of sp³-hybridized carbons (Fsp3) is 0.417. The van der Waals surface area contributed by atoms with Crippen LogP contribution in [0.3, 0.4) is 0 Å².